The fourth-order valence-electron chi connectivity index (χ4n) is 1.45. The molecule has 0 fully saturated rings. The molecule has 1 rings (SSSR count). The molecule has 1 aromatic rings. The molecule has 0 aliphatic carbocycles. The molecule has 0 aliphatic rings. The lowest BCUT2D eigenvalue weighted by molar-refractivity contribution is 0.288. The molecular formula is C11H20N4OS. The Hall–Kier alpha value is -1.01. The molecule has 1 heterocycles. The Balaban J connectivity index is 2.79. The molecule has 0 spiro atoms. The van der Waals surface area contributed by atoms with Crippen LogP contribution < -0.4 is 10.6 Å². The van der Waals surface area contributed by atoms with Gasteiger partial charge in [0.2, 0.25) is 5.95 Å². The Labute approximate surface area is 106 Å². The van der Waals surface area contributed by atoms with Crippen molar-refractivity contribution in [1.82, 2.24) is 9.97 Å². The van der Waals surface area contributed by atoms with Crippen LogP contribution >= 0.6 is 11.8 Å². The van der Waals surface area contributed by atoms with Gasteiger partial charge in [-0.2, -0.15) is 16.7 Å². The number of nitrogens with one attached hydrogen (secondary N) is 2. The van der Waals surface area contributed by atoms with Crippen LogP contribution in [-0.2, 0) is 0 Å². The maximum absolute atomic E-state index is 9.24. The van der Waals surface area contributed by atoms with Gasteiger partial charge in [0.25, 0.3) is 0 Å². The first kappa shape index (κ1) is 14.1. The van der Waals surface area contributed by atoms with E-state index in [0.29, 0.717) is 5.95 Å². The van der Waals surface area contributed by atoms with E-state index in [1.165, 1.54) is 0 Å². The van der Waals surface area contributed by atoms with Gasteiger partial charge in [-0.15, -0.1) is 0 Å². The van der Waals surface area contributed by atoms with Gasteiger partial charge in [0.15, 0.2) is 0 Å². The molecule has 0 amide bonds. The van der Waals surface area contributed by atoms with Crippen LogP contribution in [0.2, 0.25) is 0 Å². The predicted octanol–water partition coefficient (Wildman–Crippen LogP) is 1.35. The lowest BCUT2D eigenvalue weighted by atomic mass is 10.2. The lowest BCUT2D eigenvalue weighted by Crippen LogP contribution is -2.31. The third-order valence-corrected chi connectivity index (χ3v) is 3.76. The molecule has 2 atom stereocenters. The van der Waals surface area contributed by atoms with Crippen LogP contribution in [0.25, 0.3) is 0 Å². The summed E-state index contributed by atoms with van der Waals surface area (Å²) < 4.78 is 0. The summed E-state index contributed by atoms with van der Waals surface area (Å²) in [6.07, 6.45) is 3.77. The summed E-state index contributed by atoms with van der Waals surface area (Å²) in [5, 5.41) is 15.6. The standard InChI is InChI=1S/C11H20N4OS/c1-7-5-13-11(12-3)15-10(7)14-8(2)9(6-16)17-4/h5,8-9,16H,6H2,1-4H3,(H2,12,13,14,15). The first-order valence-electron chi connectivity index (χ1n) is 5.54. The summed E-state index contributed by atoms with van der Waals surface area (Å²) in [5.41, 5.74) is 0.994. The van der Waals surface area contributed by atoms with E-state index in [9.17, 15) is 5.11 Å². The van der Waals surface area contributed by atoms with Gasteiger partial charge in [-0.25, -0.2) is 4.98 Å². The third kappa shape index (κ3) is 3.74. The van der Waals surface area contributed by atoms with Crippen molar-refractivity contribution in [3.63, 3.8) is 0 Å². The van der Waals surface area contributed by atoms with Crippen LogP contribution in [-0.4, -0.2) is 46.3 Å². The maximum atomic E-state index is 9.24. The average molecular weight is 256 g/mol. The van der Waals surface area contributed by atoms with Crippen molar-refractivity contribution in [2.75, 3.05) is 30.5 Å². The quantitative estimate of drug-likeness (QED) is 0.714. The van der Waals surface area contributed by atoms with Gasteiger partial charge < -0.3 is 15.7 Å². The van der Waals surface area contributed by atoms with E-state index in [4.69, 9.17) is 0 Å². The summed E-state index contributed by atoms with van der Waals surface area (Å²) in [5.74, 6) is 1.40. The molecule has 5 nitrogen and oxygen atoms in total. The van der Waals surface area contributed by atoms with Gasteiger partial charge in [0, 0.05) is 30.1 Å². The second kappa shape index (κ2) is 6.66. The summed E-state index contributed by atoms with van der Waals surface area (Å²) >= 11 is 1.64. The third-order valence-electron chi connectivity index (χ3n) is 2.60. The van der Waals surface area contributed by atoms with Crippen LogP contribution in [0, 0.1) is 6.92 Å². The van der Waals surface area contributed by atoms with Gasteiger partial charge in [0.1, 0.15) is 5.82 Å². The molecule has 6 heteroatoms. The number of nitrogens with zero attached hydrogens (tertiary/aromatic N) is 2. The molecule has 0 saturated heterocycles. The van der Waals surface area contributed by atoms with Crippen LogP contribution in [0.15, 0.2) is 6.20 Å². The predicted molar refractivity (Wildman–Crippen MR) is 73.8 cm³/mol. The van der Waals surface area contributed by atoms with Gasteiger partial charge >= 0.3 is 0 Å². The Morgan fingerprint density at radius 3 is 2.76 bits per heavy atom. The molecule has 0 bridgehead atoms. The number of aryl methyl sites for hydroxylation is 1. The molecule has 0 aromatic carbocycles. The van der Waals surface area contributed by atoms with Gasteiger partial charge in [-0.1, -0.05) is 0 Å². The molecule has 0 saturated carbocycles. The number of rotatable bonds is 6. The summed E-state index contributed by atoms with van der Waals surface area (Å²) in [6, 6.07) is 0.147. The smallest absolute Gasteiger partial charge is 0.224 e. The van der Waals surface area contributed by atoms with Crippen LogP contribution in [0.1, 0.15) is 12.5 Å². The SMILES string of the molecule is CNc1ncc(C)c(NC(C)C(CO)SC)n1. The summed E-state index contributed by atoms with van der Waals surface area (Å²) in [6.45, 7) is 4.15. The zero-order valence-electron chi connectivity index (χ0n) is 10.7. The molecule has 17 heavy (non-hydrogen) atoms. The van der Waals surface area contributed by atoms with E-state index in [2.05, 4.69) is 20.6 Å². The number of hydrogen-bond donors (Lipinski definition) is 3. The van der Waals surface area contributed by atoms with Crippen molar-refractivity contribution < 1.29 is 5.11 Å². The van der Waals surface area contributed by atoms with Crippen molar-refractivity contribution in [1.29, 1.82) is 0 Å². The largest absolute Gasteiger partial charge is 0.395 e. The highest BCUT2D eigenvalue weighted by Crippen LogP contribution is 2.18. The van der Waals surface area contributed by atoms with Crippen molar-refractivity contribution in [3.8, 4) is 0 Å². The number of hydrogen-bond acceptors (Lipinski definition) is 6. The normalized spacial score (nSPS) is 14.2. The van der Waals surface area contributed by atoms with Gasteiger partial charge in [-0.05, 0) is 20.1 Å². The molecule has 2 unspecified atom stereocenters. The second-order valence-electron chi connectivity index (χ2n) is 3.86. The molecule has 0 radical (unpaired) electrons. The summed E-state index contributed by atoms with van der Waals surface area (Å²) in [4.78, 5) is 8.49. The van der Waals surface area contributed by atoms with E-state index < -0.39 is 0 Å². The van der Waals surface area contributed by atoms with Crippen LogP contribution in [0.4, 0.5) is 11.8 Å². The monoisotopic (exact) mass is 256 g/mol. The van der Waals surface area contributed by atoms with Gasteiger partial charge in [-0.3, -0.25) is 0 Å². The highest BCUT2D eigenvalue weighted by atomic mass is 32.2. The number of aliphatic hydroxyl groups is 1. The fraction of sp³-hybridized carbons (Fsp3) is 0.636. The first-order valence-corrected chi connectivity index (χ1v) is 6.82. The Bertz CT molecular complexity index is 357. The Morgan fingerprint density at radius 1 is 1.53 bits per heavy atom. The van der Waals surface area contributed by atoms with Crippen molar-refractivity contribution in [3.05, 3.63) is 11.8 Å². The second-order valence-corrected chi connectivity index (χ2v) is 4.94. The first-order chi connectivity index (χ1) is 8.12. The van der Waals surface area contributed by atoms with Gasteiger partial charge in [0.05, 0.1) is 6.61 Å². The molecule has 96 valence electrons. The maximum Gasteiger partial charge on any atom is 0.224 e. The fourth-order valence-corrected chi connectivity index (χ4v) is 2.08. The van der Waals surface area contributed by atoms with Crippen molar-refractivity contribution in [2.45, 2.75) is 25.1 Å². The van der Waals surface area contributed by atoms with E-state index >= 15 is 0 Å². The summed E-state index contributed by atoms with van der Waals surface area (Å²) in [7, 11) is 1.79. The van der Waals surface area contributed by atoms with Crippen molar-refractivity contribution >= 4 is 23.5 Å². The highest BCUT2D eigenvalue weighted by Gasteiger charge is 2.16. The molecule has 1 aromatic heterocycles. The van der Waals surface area contributed by atoms with Crippen LogP contribution in [0.5, 0.6) is 0 Å². The number of thioether (sulfide) groups is 1. The lowest BCUT2D eigenvalue weighted by Gasteiger charge is -2.22. The molecular weight excluding hydrogens is 236 g/mol. The minimum atomic E-state index is 0.147. The minimum absolute atomic E-state index is 0.147. The zero-order chi connectivity index (χ0) is 12.8. The van der Waals surface area contributed by atoms with E-state index in [1.807, 2.05) is 20.1 Å². The topological polar surface area (TPSA) is 70.1 Å². The minimum Gasteiger partial charge on any atom is -0.395 e. The molecule has 3 N–H and O–H groups in total. The number of anilines is 2. The van der Waals surface area contributed by atoms with E-state index in [-0.39, 0.29) is 17.9 Å². The van der Waals surface area contributed by atoms with Crippen molar-refractivity contribution in [2.24, 2.45) is 0 Å². The van der Waals surface area contributed by atoms with E-state index in [0.717, 1.165) is 11.4 Å². The number of aliphatic hydroxyl groups excluding tert-OH is 1. The van der Waals surface area contributed by atoms with Crippen LogP contribution in [0.3, 0.4) is 0 Å². The Kier molecular flexibility index (Phi) is 5.50. The van der Waals surface area contributed by atoms with E-state index in [1.54, 1.807) is 25.0 Å². The Morgan fingerprint density at radius 2 is 2.24 bits per heavy atom. The number of aromatic nitrogens is 2. The highest BCUT2D eigenvalue weighted by molar-refractivity contribution is 7.99. The zero-order valence-corrected chi connectivity index (χ0v) is 11.5. The average Bonchev–Trinajstić information content (AvgIpc) is 2.33. The molecule has 0 aliphatic heterocycles.